The van der Waals surface area contributed by atoms with Gasteiger partial charge in [0.15, 0.2) is 0 Å². The number of ether oxygens (including phenoxy) is 1. The van der Waals surface area contributed by atoms with Gasteiger partial charge in [-0.1, -0.05) is 0 Å². The molecule has 1 aliphatic carbocycles. The van der Waals surface area contributed by atoms with Gasteiger partial charge in [0.1, 0.15) is 6.61 Å². The molecular weight excluding hydrogens is 256 g/mol. The summed E-state index contributed by atoms with van der Waals surface area (Å²) in [6, 6.07) is 3.19. The van der Waals surface area contributed by atoms with Gasteiger partial charge in [-0.3, -0.25) is 25.0 Å². The molecule has 0 unspecified atom stereocenters. The van der Waals surface area contributed by atoms with E-state index in [2.05, 4.69) is 0 Å². The van der Waals surface area contributed by atoms with Crippen LogP contribution in [0.2, 0.25) is 0 Å². The molecule has 0 bridgehead atoms. The number of non-ortho nitro benzene ring substituents is 2. The monoisotopic (exact) mass is 266 g/mol. The van der Waals surface area contributed by atoms with Crippen LogP contribution >= 0.6 is 0 Å². The number of nitrogens with zero attached hydrogens (tertiary/aromatic N) is 2. The Kier molecular flexibility index (Phi) is 3.41. The average Bonchev–Trinajstić information content (AvgIpc) is 3.19. The third-order valence-electron chi connectivity index (χ3n) is 2.68. The molecule has 1 aromatic rings. The van der Waals surface area contributed by atoms with Gasteiger partial charge in [-0.2, -0.15) is 0 Å². The Morgan fingerprint density at radius 3 is 2.11 bits per heavy atom. The Morgan fingerprint density at radius 2 is 1.68 bits per heavy atom. The summed E-state index contributed by atoms with van der Waals surface area (Å²) in [6.07, 6.45) is 1.57. The average molecular weight is 266 g/mol. The van der Waals surface area contributed by atoms with Crippen LogP contribution in [0.3, 0.4) is 0 Å². The quantitative estimate of drug-likeness (QED) is 0.457. The van der Waals surface area contributed by atoms with Crippen LogP contribution in [-0.4, -0.2) is 15.8 Å². The number of benzene rings is 1. The summed E-state index contributed by atoms with van der Waals surface area (Å²) < 4.78 is 4.94. The van der Waals surface area contributed by atoms with E-state index >= 15 is 0 Å². The van der Waals surface area contributed by atoms with Gasteiger partial charge in [0.2, 0.25) is 0 Å². The van der Waals surface area contributed by atoms with E-state index in [4.69, 9.17) is 4.74 Å². The second-order valence-corrected chi connectivity index (χ2v) is 4.25. The highest BCUT2D eigenvalue weighted by Crippen LogP contribution is 2.30. The van der Waals surface area contributed by atoms with Gasteiger partial charge in [-0.25, -0.2) is 0 Å². The molecule has 1 fully saturated rings. The van der Waals surface area contributed by atoms with Crippen LogP contribution in [0, 0.1) is 26.1 Å². The number of hydrogen-bond donors (Lipinski definition) is 0. The fourth-order valence-electron chi connectivity index (χ4n) is 1.54. The van der Waals surface area contributed by atoms with Gasteiger partial charge >= 0.3 is 5.97 Å². The third-order valence-corrected chi connectivity index (χ3v) is 2.68. The number of esters is 1. The number of rotatable bonds is 5. The van der Waals surface area contributed by atoms with Crippen LogP contribution in [0.1, 0.15) is 18.4 Å². The highest BCUT2D eigenvalue weighted by atomic mass is 16.6. The molecule has 0 N–H and O–H groups in total. The fourth-order valence-corrected chi connectivity index (χ4v) is 1.54. The topological polar surface area (TPSA) is 113 Å². The minimum absolute atomic E-state index is 0.0892. The maximum absolute atomic E-state index is 11.3. The number of nitro benzene ring substituents is 2. The van der Waals surface area contributed by atoms with Crippen LogP contribution in [0.15, 0.2) is 18.2 Å². The van der Waals surface area contributed by atoms with Crippen molar-refractivity contribution in [3.63, 3.8) is 0 Å². The lowest BCUT2D eigenvalue weighted by atomic mass is 10.2. The van der Waals surface area contributed by atoms with E-state index in [0.717, 1.165) is 31.0 Å². The maximum Gasteiger partial charge on any atom is 0.309 e. The molecule has 1 saturated carbocycles. The summed E-state index contributed by atoms with van der Waals surface area (Å²) in [5.41, 5.74) is -0.562. The molecule has 1 aliphatic rings. The van der Waals surface area contributed by atoms with E-state index in [0.29, 0.717) is 0 Å². The van der Waals surface area contributed by atoms with Crippen molar-refractivity contribution in [1.82, 2.24) is 0 Å². The van der Waals surface area contributed by atoms with Crippen LogP contribution in [0.25, 0.3) is 0 Å². The molecule has 19 heavy (non-hydrogen) atoms. The van der Waals surface area contributed by atoms with Gasteiger partial charge in [-0.15, -0.1) is 0 Å². The smallest absolute Gasteiger partial charge is 0.309 e. The summed E-state index contributed by atoms with van der Waals surface area (Å²) in [5, 5.41) is 21.3. The zero-order valence-corrected chi connectivity index (χ0v) is 9.77. The molecule has 1 aromatic carbocycles. The molecule has 0 spiro atoms. The first-order chi connectivity index (χ1) is 8.97. The fraction of sp³-hybridized carbons (Fsp3) is 0.364. The molecule has 2 rings (SSSR count). The zero-order valence-electron chi connectivity index (χ0n) is 9.77. The van der Waals surface area contributed by atoms with Gasteiger partial charge in [0.05, 0.1) is 21.8 Å². The molecule has 0 saturated heterocycles. The molecular formula is C11H10N2O6. The largest absolute Gasteiger partial charge is 0.461 e. The molecule has 8 nitrogen and oxygen atoms in total. The number of nitro groups is 2. The number of carbonyl (C=O) groups excluding carboxylic acids is 1. The van der Waals surface area contributed by atoms with Crippen molar-refractivity contribution in [1.29, 1.82) is 0 Å². The SMILES string of the molecule is O=C(OCc1cc([N+](=O)[O-])cc([N+](=O)[O-])c1)C1CC1. The summed E-state index contributed by atoms with van der Waals surface area (Å²) in [4.78, 5) is 31.2. The van der Waals surface area contributed by atoms with Gasteiger partial charge in [0.25, 0.3) is 11.4 Å². The molecule has 0 radical (unpaired) electrons. The van der Waals surface area contributed by atoms with Crippen molar-refractivity contribution < 1.29 is 19.4 Å². The zero-order chi connectivity index (χ0) is 14.0. The summed E-state index contributed by atoms with van der Waals surface area (Å²) >= 11 is 0. The summed E-state index contributed by atoms with van der Waals surface area (Å²) in [6.45, 7) is -0.197. The predicted molar refractivity (Wildman–Crippen MR) is 62.3 cm³/mol. The Morgan fingerprint density at radius 1 is 1.16 bits per heavy atom. The Labute approximate surface area is 107 Å². The van der Waals surface area contributed by atoms with E-state index in [-0.39, 0.29) is 24.1 Å². The van der Waals surface area contributed by atoms with Crippen molar-refractivity contribution >= 4 is 17.3 Å². The lowest BCUT2D eigenvalue weighted by Gasteiger charge is -2.04. The van der Waals surface area contributed by atoms with E-state index in [1.54, 1.807) is 0 Å². The van der Waals surface area contributed by atoms with Crippen molar-refractivity contribution in [2.24, 2.45) is 5.92 Å². The van der Waals surface area contributed by atoms with Crippen LogP contribution in [0.5, 0.6) is 0 Å². The normalized spacial score (nSPS) is 13.9. The summed E-state index contributed by atoms with van der Waals surface area (Å²) in [5.74, 6) is -0.456. The van der Waals surface area contributed by atoms with E-state index in [1.807, 2.05) is 0 Å². The highest BCUT2D eigenvalue weighted by molar-refractivity contribution is 5.74. The van der Waals surface area contributed by atoms with Crippen molar-refractivity contribution in [2.45, 2.75) is 19.4 Å². The molecule has 0 heterocycles. The maximum atomic E-state index is 11.3. The third kappa shape index (κ3) is 3.24. The number of hydrogen-bond acceptors (Lipinski definition) is 6. The van der Waals surface area contributed by atoms with Gasteiger partial charge < -0.3 is 4.74 Å². The van der Waals surface area contributed by atoms with Crippen molar-refractivity contribution in [3.8, 4) is 0 Å². The van der Waals surface area contributed by atoms with Crippen molar-refractivity contribution in [3.05, 3.63) is 44.0 Å². The first-order valence-electron chi connectivity index (χ1n) is 5.57. The van der Waals surface area contributed by atoms with Gasteiger partial charge in [-0.05, 0) is 12.8 Å². The molecule has 100 valence electrons. The first-order valence-corrected chi connectivity index (χ1v) is 5.57. The lowest BCUT2D eigenvalue weighted by Crippen LogP contribution is -2.06. The minimum atomic E-state index is -0.723. The van der Waals surface area contributed by atoms with E-state index in [1.165, 1.54) is 0 Å². The second kappa shape index (κ2) is 5.01. The molecule has 8 heteroatoms. The van der Waals surface area contributed by atoms with Crippen LogP contribution in [-0.2, 0) is 16.1 Å². The minimum Gasteiger partial charge on any atom is -0.461 e. The highest BCUT2D eigenvalue weighted by Gasteiger charge is 2.31. The van der Waals surface area contributed by atoms with Crippen molar-refractivity contribution in [2.75, 3.05) is 0 Å². The van der Waals surface area contributed by atoms with E-state index < -0.39 is 21.2 Å². The standard InChI is InChI=1S/C11H10N2O6/c14-11(8-1-2-8)19-6-7-3-9(12(15)16)5-10(4-7)13(17)18/h3-5,8H,1-2,6H2. The lowest BCUT2D eigenvalue weighted by molar-refractivity contribution is -0.394. The Balaban J connectivity index is 2.15. The Bertz CT molecular complexity index is 520. The number of carbonyl (C=O) groups is 1. The van der Waals surface area contributed by atoms with E-state index in [9.17, 15) is 25.0 Å². The van der Waals surface area contributed by atoms with Crippen LogP contribution in [0.4, 0.5) is 11.4 Å². The molecule has 0 aliphatic heterocycles. The molecule has 0 aromatic heterocycles. The second-order valence-electron chi connectivity index (χ2n) is 4.25. The molecule has 0 atom stereocenters. The molecule has 0 amide bonds. The summed E-state index contributed by atoms with van der Waals surface area (Å²) in [7, 11) is 0. The first kappa shape index (κ1) is 12.9. The predicted octanol–water partition coefficient (Wildman–Crippen LogP) is 1.96. The van der Waals surface area contributed by atoms with Gasteiger partial charge in [0, 0.05) is 17.7 Å². The van der Waals surface area contributed by atoms with Crippen LogP contribution < -0.4 is 0 Å². The Hall–Kier alpha value is -2.51.